The van der Waals surface area contributed by atoms with Crippen molar-refractivity contribution in [2.24, 2.45) is 0 Å². The summed E-state index contributed by atoms with van der Waals surface area (Å²) < 4.78 is 4.17. The molecule has 0 unspecified atom stereocenters. The van der Waals surface area contributed by atoms with Crippen LogP contribution in [0.25, 0.3) is 11.0 Å². The number of rotatable bonds is 8. The maximum Gasteiger partial charge on any atom is 0.335 e. The van der Waals surface area contributed by atoms with Gasteiger partial charge in [-0.1, -0.05) is 6.07 Å². The van der Waals surface area contributed by atoms with E-state index in [0.29, 0.717) is 18.7 Å². The van der Waals surface area contributed by atoms with Crippen molar-refractivity contribution in [3.63, 3.8) is 0 Å². The van der Waals surface area contributed by atoms with Crippen LogP contribution in [0.1, 0.15) is 46.5 Å². The number of aryl methyl sites for hydroxylation is 4. The van der Waals surface area contributed by atoms with Gasteiger partial charge in [0.1, 0.15) is 12.2 Å². The second kappa shape index (κ2) is 8.44. The van der Waals surface area contributed by atoms with Gasteiger partial charge in [-0.25, -0.2) is 9.78 Å². The van der Waals surface area contributed by atoms with Crippen LogP contribution in [0.5, 0.6) is 0 Å². The molecule has 0 saturated carbocycles. The van der Waals surface area contributed by atoms with Crippen molar-refractivity contribution in [1.29, 1.82) is 0 Å². The van der Waals surface area contributed by atoms with Gasteiger partial charge in [0.05, 0.1) is 29.5 Å². The number of aromatic nitrogens is 6. The lowest BCUT2D eigenvalue weighted by Crippen LogP contribution is -2.06. The second-order valence-corrected chi connectivity index (χ2v) is 7.38. The highest BCUT2D eigenvalue weighted by Crippen LogP contribution is 2.17. The predicted molar refractivity (Wildman–Crippen MR) is 112 cm³/mol. The van der Waals surface area contributed by atoms with E-state index in [1.807, 2.05) is 17.8 Å². The molecule has 0 saturated heterocycles. The van der Waals surface area contributed by atoms with Crippen molar-refractivity contribution in [1.82, 2.24) is 29.3 Å². The third kappa shape index (κ3) is 4.22. The molecule has 8 heteroatoms. The zero-order chi connectivity index (χ0) is 21.1. The lowest BCUT2D eigenvalue weighted by atomic mass is 10.1. The molecule has 154 valence electrons. The van der Waals surface area contributed by atoms with E-state index in [4.69, 9.17) is 0 Å². The first-order valence-corrected chi connectivity index (χ1v) is 10.0. The molecule has 0 fully saturated rings. The van der Waals surface area contributed by atoms with Gasteiger partial charge in [-0.3, -0.25) is 4.98 Å². The number of carboxylic acids is 1. The van der Waals surface area contributed by atoms with Crippen molar-refractivity contribution >= 4 is 17.0 Å². The quantitative estimate of drug-likeness (QED) is 0.484. The molecule has 0 aliphatic carbocycles. The molecule has 3 heterocycles. The molecule has 30 heavy (non-hydrogen) atoms. The molecule has 0 bridgehead atoms. The zero-order valence-corrected chi connectivity index (χ0v) is 17.1. The topological polar surface area (TPSA) is 98.7 Å². The number of carbonyl (C=O) groups is 1. The molecule has 4 aromatic rings. The highest BCUT2D eigenvalue weighted by molar-refractivity contribution is 5.87. The first kappa shape index (κ1) is 19.8. The van der Waals surface area contributed by atoms with Gasteiger partial charge in [0.2, 0.25) is 0 Å². The van der Waals surface area contributed by atoms with Crippen LogP contribution in [0.2, 0.25) is 0 Å². The first-order chi connectivity index (χ1) is 14.5. The number of aromatic carboxylic acids is 1. The van der Waals surface area contributed by atoms with Gasteiger partial charge >= 0.3 is 5.97 Å². The van der Waals surface area contributed by atoms with Gasteiger partial charge in [0.25, 0.3) is 0 Å². The SMILES string of the molecule is CCn1cnc2cc(Cn3cnnc3CCCc3cc(C(=O)O)cc(C)n3)ccc21. The number of carboxylic acid groups (broad SMARTS) is 1. The molecule has 0 aliphatic heterocycles. The second-order valence-electron chi connectivity index (χ2n) is 7.38. The number of hydrogen-bond donors (Lipinski definition) is 1. The van der Waals surface area contributed by atoms with Crippen LogP contribution in [0.15, 0.2) is 43.0 Å². The largest absolute Gasteiger partial charge is 0.478 e. The number of pyridine rings is 1. The molecule has 0 spiro atoms. The Morgan fingerprint density at radius 2 is 1.97 bits per heavy atom. The Morgan fingerprint density at radius 3 is 2.77 bits per heavy atom. The van der Waals surface area contributed by atoms with E-state index >= 15 is 0 Å². The predicted octanol–water partition coefficient (Wildman–Crippen LogP) is 3.27. The van der Waals surface area contributed by atoms with E-state index in [1.54, 1.807) is 18.5 Å². The summed E-state index contributed by atoms with van der Waals surface area (Å²) >= 11 is 0. The fourth-order valence-electron chi connectivity index (χ4n) is 3.68. The van der Waals surface area contributed by atoms with Gasteiger partial charge in [-0.2, -0.15) is 0 Å². The number of benzene rings is 1. The molecule has 0 atom stereocenters. The third-order valence-electron chi connectivity index (χ3n) is 5.16. The van der Waals surface area contributed by atoms with Crippen molar-refractivity contribution in [2.45, 2.75) is 46.2 Å². The van der Waals surface area contributed by atoms with E-state index in [0.717, 1.165) is 47.5 Å². The van der Waals surface area contributed by atoms with Crippen molar-refractivity contribution < 1.29 is 9.90 Å². The maximum absolute atomic E-state index is 11.2. The Labute approximate surface area is 174 Å². The van der Waals surface area contributed by atoms with Crippen LogP contribution in [0.4, 0.5) is 0 Å². The van der Waals surface area contributed by atoms with Gasteiger partial charge < -0.3 is 14.2 Å². The van der Waals surface area contributed by atoms with Crippen LogP contribution in [0, 0.1) is 6.92 Å². The molecule has 0 radical (unpaired) electrons. The fraction of sp³-hybridized carbons (Fsp3) is 0.318. The lowest BCUT2D eigenvalue weighted by Gasteiger charge is -2.08. The van der Waals surface area contributed by atoms with Gasteiger partial charge in [0.15, 0.2) is 0 Å². The van der Waals surface area contributed by atoms with Crippen LogP contribution >= 0.6 is 0 Å². The minimum absolute atomic E-state index is 0.279. The summed E-state index contributed by atoms with van der Waals surface area (Å²) in [6.45, 7) is 5.50. The average molecular weight is 404 g/mol. The van der Waals surface area contributed by atoms with Crippen LogP contribution in [0.3, 0.4) is 0 Å². The summed E-state index contributed by atoms with van der Waals surface area (Å²) in [5.74, 6) is -0.0254. The molecular formula is C22H24N6O2. The van der Waals surface area contributed by atoms with Crippen LogP contribution < -0.4 is 0 Å². The van der Waals surface area contributed by atoms with Gasteiger partial charge in [-0.15, -0.1) is 10.2 Å². The van der Waals surface area contributed by atoms with E-state index in [1.165, 1.54) is 0 Å². The van der Waals surface area contributed by atoms with Crippen LogP contribution in [-0.2, 0) is 25.9 Å². The normalized spacial score (nSPS) is 11.3. The van der Waals surface area contributed by atoms with E-state index in [-0.39, 0.29) is 5.56 Å². The van der Waals surface area contributed by atoms with E-state index < -0.39 is 5.97 Å². The Hall–Kier alpha value is -3.55. The third-order valence-corrected chi connectivity index (χ3v) is 5.16. The smallest absolute Gasteiger partial charge is 0.335 e. The van der Waals surface area contributed by atoms with Crippen molar-refractivity contribution in [3.05, 3.63) is 71.3 Å². The molecule has 8 nitrogen and oxygen atoms in total. The highest BCUT2D eigenvalue weighted by atomic mass is 16.4. The number of imidazole rings is 1. The summed E-state index contributed by atoms with van der Waals surface area (Å²) in [7, 11) is 0. The molecule has 0 aliphatic rings. The number of fused-ring (bicyclic) bond motifs is 1. The Morgan fingerprint density at radius 1 is 1.10 bits per heavy atom. The zero-order valence-electron chi connectivity index (χ0n) is 17.1. The molecule has 3 aromatic heterocycles. The molecular weight excluding hydrogens is 380 g/mol. The van der Waals surface area contributed by atoms with Gasteiger partial charge in [-0.05, 0) is 56.5 Å². The lowest BCUT2D eigenvalue weighted by molar-refractivity contribution is 0.0696. The molecule has 1 N–H and O–H groups in total. The summed E-state index contributed by atoms with van der Waals surface area (Å²) in [6.07, 6.45) is 5.86. The molecule has 0 amide bonds. The summed E-state index contributed by atoms with van der Waals surface area (Å²) in [5.41, 5.74) is 5.06. The summed E-state index contributed by atoms with van der Waals surface area (Å²) in [4.78, 5) is 20.2. The minimum Gasteiger partial charge on any atom is -0.478 e. The number of hydrogen-bond acceptors (Lipinski definition) is 5. The average Bonchev–Trinajstić information content (AvgIpc) is 3.34. The Balaban J connectivity index is 1.42. The fourth-order valence-corrected chi connectivity index (χ4v) is 3.68. The van der Waals surface area contributed by atoms with E-state index in [9.17, 15) is 9.90 Å². The van der Waals surface area contributed by atoms with Crippen LogP contribution in [-0.4, -0.2) is 40.4 Å². The summed E-state index contributed by atoms with van der Waals surface area (Å²) in [5, 5.41) is 17.6. The Bertz CT molecular complexity index is 1190. The van der Waals surface area contributed by atoms with Crippen molar-refractivity contribution in [2.75, 3.05) is 0 Å². The molecule has 1 aromatic carbocycles. The monoisotopic (exact) mass is 404 g/mol. The van der Waals surface area contributed by atoms with Crippen molar-refractivity contribution in [3.8, 4) is 0 Å². The van der Waals surface area contributed by atoms with E-state index in [2.05, 4.69) is 49.9 Å². The number of nitrogens with zero attached hydrogens (tertiary/aromatic N) is 6. The summed E-state index contributed by atoms with van der Waals surface area (Å²) in [6, 6.07) is 9.56. The molecule has 4 rings (SSSR count). The highest BCUT2D eigenvalue weighted by Gasteiger charge is 2.10. The standard InChI is InChI=1S/C22H24N6O2/c1-3-27-13-23-19-10-16(7-8-20(19)27)12-28-14-24-26-21(28)6-4-5-18-11-17(22(29)30)9-15(2)25-18/h7-11,13-14H,3-6,12H2,1-2H3,(H,29,30). The van der Waals surface area contributed by atoms with Gasteiger partial charge in [0, 0.05) is 24.4 Å². The maximum atomic E-state index is 11.2. The first-order valence-electron chi connectivity index (χ1n) is 10.0. The Kier molecular flexibility index (Phi) is 5.56. The minimum atomic E-state index is -0.928.